The van der Waals surface area contributed by atoms with Crippen molar-refractivity contribution in [2.24, 2.45) is 0 Å². The molecule has 0 atom stereocenters. The van der Waals surface area contributed by atoms with Crippen molar-refractivity contribution in [1.82, 2.24) is 4.90 Å². The molecule has 0 aromatic heterocycles. The van der Waals surface area contributed by atoms with Crippen LogP contribution in [0, 0.1) is 9.02 Å². The molecule has 0 fully saturated rings. The summed E-state index contributed by atoms with van der Waals surface area (Å²) >= 11 is 10.9. The Morgan fingerprint density at radius 2 is 1.41 bits per heavy atom. The number of rotatable bonds is 9. The summed E-state index contributed by atoms with van der Waals surface area (Å²) in [4.78, 5) is 4.88. The van der Waals surface area contributed by atoms with Gasteiger partial charge in [-0.15, -0.1) is 0 Å². The van der Waals surface area contributed by atoms with Crippen molar-refractivity contribution in [1.29, 1.82) is 0 Å². The number of hydrogen-bond acceptors (Lipinski definition) is 4. The molecule has 1 aromatic rings. The first-order chi connectivity index (χ1) is 10.2. The minimum absolute atomic E-state index is 0.0828. The van der Waals surface area contributed by atoms with Gasteiger partial charge >= 0.3 is 0 Å². The van der Waals surface area contributed by atoms with Gasteiger partial charge in [0.1, 0.15) is 0 Å². The summed E-state index contributed by atoms with van der Waals surface area (Å²) in [5, 5.41) is 0. The Hall–Kier alpha value is -0.320. The first-order valence-corrected chi connectivity index (χ1v) is 9.32. The predicted octanol–water partition coefficient (Wildman–Crippen LogP) is 5.27. The van der Waals surface area contributed by atoms with Gasteiger partial charge in [-0.2, -0.15) is 0 Å². The van der Waals surface area contributed by atoms with Gasteiger partial charge in [0, 0.05) is 19.2 Å². The van der Waals surface area contributed by atoms with E-state index < -0.39 is 0 Å². The largest absolute Gasteiger partial charge is 0.373 e. The second kappa shape index (κ2) is 8.51. The lowest BCUT2D eigenvalue weighted by Crippen LogP contribution is -2.31. The molecule has 0 amide bonds. The Balaban J connectivity index is 2.64. The Morgan fingerprint density at radius 1 is 0.864 bits per heavy atom. The van der Waals surface area contributed by atoms with E-state index in [9.17, 15) is 0 Å². The van der Waals surface area contributed by atoms with Crippen LogP contribution in [-0.4, -0.2) is 38.1 Å². The second-order valence-electron chi connectivity index (χ2n) is 7.25. The van der Waals surface area contributed by atoms with Crippen LogP contribution in [0.1, 0.15) is 59.4 Å². The molecule has 0 bridgehead atoms. The molecule has 4 heteroatoms. The smallest absolute Gasteiger partial charge is 0.0798 e. The highest BCUT2D eigenvalue weighted by Gasteiger charge is 2.27. The summed E-state index contributed by atoms with van der Waals surface area (Å²) in [6.45, 7) is 15.8. The predicted molar refractivity (Wildman–Crippen MR) is 104 cm³/mol. The van der Waals surface area contributed by atoms with Crippen LogP contribution in [0.5, 0.6) is 0 Å². The SMILES string of the molecule is CCCN(CCC)CCCN(C)c1c(C(C)(C)C)c(=S)c1=S. The van der Waals surface area contributed by atoms with E-state index in [1.807, 2.05) is 0 Å². The van der Waals surface area contributed by atoms with Gasteiger partial charge in [-0.25, -0.2) is 0 Å². The molecule has 0 saturated heterocycles. The highest BCUT2D eigenvalue weighted by Crippen LogP contribution is 2.38. The van der Waals surface area contributed by atoms with Gasteiger partial charge in [-0.3, -0.25) is 0 Å². The van der Waals surface area contributed by atoms with Crippen LogP contribution in [0.15, 0.2) is 0 Å². The Bertz CT molecular complexity index is 530. The first-order valence-electron chi connectivity index (χ1n) is 8.51. The molecule has 2 nitrogen and oxygen atoms in total. The lowest BCUT2D eigenvalue weighted by molar-refractivity contribution is 0.272. The fraction of sp³-hybridized carbons (Fsp3) is 0.778. The first kappa shape index (κ1) is 19.7. The standard InChI is InChI=1S/C18H32N2S2/c1-7-10-20(11-8-2)13-9-12-19(6)15-14(18(3,4)5)16(21)17(15)22/h7-13H2,1-6H3. The highest BCUT2D eigenvalue weighted by atomic mass is 32.1. The molecule has 0 aliphatic rings. The van der Waals surface area contributed by atoms with Gasteiger partial charge in [0.05, 0.1) is 14.7 Å². The quantitative estimate of drug-likeness (QED) is 0.565. The summed E-state index contributed by atoms with van der Waals surface area (Å²) in [5.74, 6) is 0. The van der Waals surface area contributed by atoms with Crippen molar-refractivity contribution in [3.8, 4) is 0 Å². The van der Waals surface area contributed by atoms with Gasteiger partial charge in [-0.1, -0.05) is 59.1 Å². The lowest BCUT2D eigenvalue weighted by Gasteiger charge is -2.32. The van der Waals surface area contributed by atoms with Gasteiger partial charge in [-0.05, 0) is 44.3 Å². The highest BCUT2D eigenvalue weighted by molar-refractivity contribution is 7.74. The lowest BCUT2D eigenvalue weighted by atomic mass is 9.83. The number of anilines is 1. The third-order valence-electron chi connectivity index (χ3n) is 4.06. The zero-order chi connectivity index (χ0) is 16.9. The summed E-state index contributed by atoms with van der Waals surface area (Å²) < 4.78 is 1.80. The Kier molecular flexibility index (Phi) is 7.63. The molecular formula is C18H32N2S2. The van der Waals surface area contributed by atoms with Crippen LogP contribution in [0.25, 0.3) is 0 Å². The Morgan fingerprint density at radius 3 is 1.86 bits per heavy atom. The van der Waals surface area contributed by atoms with Crippen molar-refractivity contribution >= 4 is 30.1 Å². The fourth-order valence-corrected chi connectivity index (χ4v) is 3.91. The molecular weight excluding hydrogens is 308 g/mol. The number of nitrogens with zero attached hydrogens (tertiary/aromatic N) is 2. The molecule has 0 aliphatic carbocycles. The van der Waals surface area contributed by atoms with Crippen molar-refractivity contribution in [2.45, 2.75) is 59.3 Å². The monoisotopic (exact) mass is 340 g/mol. The minimum atomic E-state index is 0.0828. The molecule has 0 spiro atoms. The van der Waals surface area contributed by atoms with Gasteiger partial charge < -0.3 is 9.80 Å². The van der Waals surface area contributed by atoms with E-state index in [1.165, 1.54) is 50.1 Å². The summed E-state index contributed by atoms with van der Waals surface area (Å²) in [6.07, 6.45) is 3.63. The molecule has 22 heavy (non-hydrogen) atoms. The Labute approximate surface area is 147 Å². The van der Waals surface area contributed by atoms with Crippen molar-refractivity contribution in [3.05, 3.63) is 14.6 Å². The molecule has 126 valence electrons. The zero-order valence-corrected chi connectivity index (χ0v) is 16.8. The van der Waals surface area contributed by atoms with Crippen LogP contribution in [-0.2, 0) is 5.41 Å². The van der Waals surface area contributed by atoms with E-state index in [0.29, 0.717) is 0 Å². The maximum atomic E-state index is 5.48. The topological polar surface area (TPSA) is 6.48 Å². The van der Waals surface area contributed by atoms with Crippen LogP contribution in [0.2, 0.25) is 0 Å². The van der Waals surface area contributed by atoms with E-state index in [0.717, 1.165) is 15.6 Å². The molecule has 0 heterocycles. The van der Waals surface area contributed by atoms with Crippen LogP contribution in [0.4, 0.5) is 5.69 Å². The fourth-order valence-electron chi connectivity index (χ4n) is 3.05. The van der Waals surface area contributed by atoms with Gasteiger partial charge in [0.2, 0.25) is 0 Å². The number of hydrogen-bond donors (Lipinski definition) is 0. The molecule has 0 saturated carbocycles. The summed E-state index contributed by atoms with van der Waals surface area (Å²) in [6, 6.07) is 0. The molecule has 0 aliphatic heterocycles. The zero-order valence-electron chi connectivity index (χ0n) is 15.2. The molecule has 1 rings (SSSR count). The average Bonchev–Trinajstić information content (AvgIpc) is 2.42. The normalized spacial score (nSPS) is 12.3. The van der Waals surface area contributed by atoms with Crippen LogP contribution in [0.3, 0.4) is 0 Å². The van der Waals surface area contributed by atoms with Crippen LogP contribution >= 0.6 is 24.4 Å². The third kappa shape index (κ3) is 4.84. The maximum Gasteiger partial charge on any atom is 0.0798 e. The van der Waals surface area contributed by atoms with Gasteiger partial charge in [0.25, 0.3) is 0 Å². The molecule has 0 radical (unpaired) electrons. The molecule has 0 N–H and O–H groups in total. The molecule has 0 unspecified atom stereocenters. The van der Waals surface area contributed by atoms with Crippen molar-refractivity contribution in [3.63, 3.8) is 0 Å². The van der Waals surface area contributed by atoms with E-state index in [1.54, 1.807) is 0 Å². The van der Waals surface area contributed by atoms with E-state index in [-0.39, 0.29) is 5.41 Å². The minimum Gasteiger partial charge on any atom is -0.373 e. The average molecular weight is 341 g/mol. The maximum absolute atomic E-state index is 5.48. The summed E-state index contributed by atoms with van der Waals surface area (Å²) in [7, 11) is 2.15. The van der Waals surface area contributed by atoms with E-state index in [4.69, 9.17) is 24.4 Å². The third-order valence-corrected chi connectivity index (χ3v) is 5.00. The van der Waals surface area contributed by atoms with Gasteiger partial charge in [0.15, 0.2) is 0 Å². The molecule has 1 aromatic carbocycles. The van der Waals surface area contributed by atoms with E-state index >= 15 is 0 Å². The summed E-state index contributed by atoms with van der Waals surface area (Å²) in [5.41, 5.74) is 2.57. The van der Waals surface area contributed by atoms with E-state index in [2.05, 4.69) is 51.5 Å². The van der Waals surface area contributed by atoms with Crippen LogP contribution < -0.4 is 4.90 Å². The van der Waals surface area contributed by atoms with Crippen molar-refractivity contribution < 1.29 is 0 Å². The van der Waals surface area contributed by atoms with Crippen molar-refractivity contribution in [2.75, 3.05) is 38.1 Å². The second-order valence-corrected chi connectivity index (χ2v) is 8.07.